The Morgan fingerprint density at radius 2 is 2.17 bits per heavy atom. The molecule has 0 unspecified atom stereocenters. The van der Waals surface area contributed by atoms with Crippen LogP contribution in [0.5, 0.6) is 0 Å². The maximum Gasteiger partial charge on any atom is 0.159 e. The van der Waals surface area contributed by atoms with Crippen LogP contribution in [0, 0.1) is 11.3 Å². The van der Waals surface area contributed by atoms with Crippen LogP contribution in [0.1, 0.15) is 11.7 Å². The van der Waals surface area contributed by atoms with Gasteiger partial charge >= 0.3 is 0 Å². The van der Waals surface area contributed by atoms with Crippen molar-refractivity contribution in [3.63, 3.8) is 0 Å². The zero-order valence-electron chi connectivity index (χ0n) is 6.62. The fraction of sp³-hybridized carbons (Fsp3) is 0.125. The van der Waals surface area contributed by atoms with Crippen molar-refractivity contribution in [3.05, 3.63) is 34.9 Å². The van der Waals surface area contributed by atoms with Crippen molar-refractivity contribution in [2.75, 3.05) is 0 Å². The highest BCUT2D eigenvalue weighted by Gasteiger charge is 2.10. The summed E-state index contributed by atoms with van der Waals surface area (Å²) in [7, 11) is 0.533. The lowest BCUT2D eigenvalue weighted by molar-refractivity contribution is 0.290. The molecule has 0 aromatic heterocycles. The van der Waals surface area contributed by atoms with E-state index in [-0.39, 0.29) is 0 Å². The summed E-state index contributed by atoms with van der Waals surface area (Å²) in [5.41, 5.74) is 0.747. The van der Waals surface area contributed by atoms with Gasteiger partial charge in [0.1, 0.15) is 10.5 Å². The van der Waals surface area contributed by atoms with Crippen molar-refractivity contribution >= 4 is 22.1 Å². The lowest BCUT2D eigenvalue weighted by Gasteiger charge is -2.08. The third-order valence-corrected chi connectivity index (χ3v) is 2.36. The van der Waals surface area contributed by atoms with Crippen molar-refractivity contribution in [1.82, 2.24) is 0 Å². The lowest BCUT2D eigenvalue weighted by atomic mass is 10.1. The molecule has 62 valence electrons. The second-order valence-corrected chi connectivity index (χ2v) is 3.14. The van der Waals surface area contributed by atoms with E-state index in [1.54, 1.807) is 12.1 Å². The van der Waals surface area contributed by atoms with Gasteiger partial charge in [-0.1, -0.05) is 29.8 Å². The number of rotatable bonds is 2. The summed E-state index contributed by atoms with van der Waals surface area (Å²) in [6.07, 6.45) is -0.509. The van der Waals surface area contributed by atoms with Gasteiger partial charge in [0.2, 0.25) is 0 Å². The molecule has 2 nitrogen and oxygen atoms in total. The molecule has 0 aliphatic heterocycles. The van der Waals surface area contributed by atoms with Gasteiger partial charge in [0.15, 0.2) is 6.10 Å². The number of halogens is 1. The van der Waals surface area contributed by atoms with Gasteiger partial charge in [0.25, 0.3) is 0 Å². The van der Waals surface area contributed by atoms with Crippen LogP contribution >= 0.6 is 11.6 Å². The number of benzene rings is 1. The lowest BCUT2D eigenvalue weighted by Crippen LogP contribution is -1.99. The van der Waals surface area contributed by atoms with E-state index in [2.05, 4.69) is 0 Å². The second-order valence-electron chi connectivity index (χ2n) is 2.27. The minimum absolute atomic E-state index is 0.509. The summed E-state index contributed by atoms with van der Waals surface area (Å²) in [6, 6.07) is 9.25. The molecule has 1 aromatic rings. The van der Waals surface area contributed by atoms with E-state index in [1.807, 2.05) is 18.2 Å². The van der Waals surface area contributed by atoms with Gasteiger partial charge in [-0.2, -0.15) is 5.26 Å². The molecule has 0 bridgehead atoms. The zero-order valence-corrected chi connectivity index (χ0v) is 9.38. The Morgan fingerprint density at radius 3 is 2.67 bits per heavy atom. The number of hydrogen-bond acceptors (Lipinski definition) is 2. The molecule has 1 rings (SSSR count). The quantitative estimate of drug-likeness (QED) is 0.668. The van der Waals surface area contributed by atoms with Crippen molar-refractivity contribution in [3.8, 4) is 6.07 Å². The topological polar surface area (TPSA) is 33.0 Å². The number of nitrogens with zero attached hydrogens (tertiary/aromatic N) is 1. The van der Waals surface area contributed by atoms with Crippen LogP contribution in [0.4, 0.5) is 0 Å². The molecule has 0 amide bonds. The van der Waals surface area contributed by atoms with E-state index < -0.39 is 6.10 Å². The molecule has 0 saturated carbocycles. The third-order valence-electron chi connectivity index (χ3n) is 1.54. The van der Waals surface area contributed by atoms with Crippen molar-refractivity contribution < 1.29 is 4.43 Å². The minimum Gasteiger partial charge on any atom is -0.409 e. The largest absolute Gasteiger partial charge is 0.409 e. The fourth-order valence-corrected chi connectivity index (χ4v) is 1.53. The molecule has 1 aromatic carbocycles. The Hall–Kier alpha value is -0.823. The molecule has 0 fully saturated rings. The molecule has 12 heavy (non-hydrogen) atoms. The van der Waals surface area contributed by atoms with E-state index in [1.165, 1.54) is 0 Å². The highest BCUT2D eigenvalue weighted by molar-refractivity contribution is 6.31. The van der Waals surface area contributed by atoms with Crippen molar-refractivity contribution in [2.24, 2.45) is 0 Å². The summed E-state index contributed by atoms with van der Waals surface area (Å²) in [5.74, 6) is 0. The highest BCUT2D eigenvalue weighted by atomic mass is 35.5. The van der Waals surface area contributed by atoms with Crippen LogP contribution in [-0.2, 0) is 4.43 Å². The van der Waals surface area contributed by atoms with Crippen molar-refractivity contribution in [2.45, 2.75) is 6.10 Å². The third kappa shape index (κ3) is 1.86. The predicted octanol–water partition coefficient (Wildman–Crippen LogP) is 1.20. The molecule has 0 aliphatic rings. The standard InChI is InChI=1S/C8H8ClNOSi/c9-7-4-2-1-3-6(7)8(5-10)11-12/h1-4,8H,12H3/t8-/m1/s1. The number of hydrogen-bond donors (Lipinski definition) is 0. The smallest absolute Gasteiger partial charge is 0.159 e. The maximum atomic E-state index is 8.69. The van der Waals surface area contributed by atoms with Gasteiger partial charge in [-0.3, -0.25) is 0 Å². The predicted molar refractivity (Wildman–Crippen MR) is 50.8 cm³/mol. The number of nitriles is 1. The maximum absolute atomic E-state index is 8.69. The molecule has 4 heteroatoms. The van der Waals surface area contributed by atoms with Crippen LogP contribution in [0.2, 0.25) is 5.02 Å². The van der Waals surface area contributed by atoms with E-state index >= 15 is 0 Å². The molecule has 1 atom stereocenters. The van der Waals surface area contributed by atoms with E-state index in [9.17, 15) is 0 Å². The Kier molecular flexibility index (Phi) is 3.29. The summed E-state index contributed by atoms with van der Waals surface area (Å²) in [4.78, 5) is 0. The summed E-state index contributed by atoms with van der Waals surface area (Å²) >= 11 is 5.86. The Labute approximate surface area is 79.3 Å². The summed E-state index contributed by atoms with van der Waals surface area (Å²) in [5, 5.41) is 9.28. The Balaban J connectivity index is 3.02. The minimum atomic E-state index is -0.509. The van der Waals surface area contributed by atoms with Gasteiger partial charge in [0, 0.05) is 10.6 Å². The first-order valence-electron chi connectivity index (χ1n) is 3.46. The molecule has 0 heterocycles. The van der Waals surface area contributed by atoms with E-state index in [0.717, 1.165) is 5.56 Å². The van der Waals surface area contributed by atoms with Crippen LogP contribution < -0.4 is 0 Å². The first-order valence-corrected chi connectivity index (χ1v) is 4.66. The van der Waals surface area contributed by atoms with Crippen molar-refractivity contribution in [1.29, 1.82) is 5.26 Å². The molecular formula is C8H8ClNOSi. The van der Waals surface area contributed by atoms with Crippen LogP contribution in [0.15, 0.2) is 24.3 Å². The molecule has 0 radical (unpaired) electrons. The van der Waals surface area contributed by atoms with E-state index in [4.69, 9.17) is 21.3 Å². The van der Waals surface area contributed by atoms with E-state index in [0.29, 0.717) is 15.5 Å². The Bertz CT molecular complexity index is 310. The van der Waals surface area contributed by atoms with Gasteiger partial charge in [-0.25, -0.2) is 0 Å². The Morgan fingerprint density at radius 1 is 1.50 bits per heavy atom. The summed E-state index contributed by atoms with van der Waals surface area (Å²) in [6.45, 7) is 0. The van der Waals surface area contributed by atoms with Gasteiger partial charge in [0.05, 0.1) is 6.07 Å². The second kappa shape index (κ2) is 4.26. The molecular weight excluding hydrogens is 190 g/mol. The summed E-state index contributed by atoms with van der Waals surface area (Å²) < 4.78 is 5.06. The van der Waals surface area contributed by atoms with Gasteiger partial charge in [-0.05, 0) is 6.07 Å². The van der Waals surface area contributed by atoms with Gasteiger partial charge < -0.3 is 4.43 Å². The first kappa shape index (κ1) is 9.27. The molecule has 0 spiro atoms. The fourth-order valence-electron chi connectivity index (χ4n) is 0.937. The molecule has 0 saturated heterocycles. The van der Waals surface area contributed by atoms with Gasteiger partial charge in [-0.15, -0.1) is 0 Å². The average Bonchev–Trinajstić information content (AvgIpc) is 2.10. The molecule has 0 N–H and O–H groups in total. The zero-order chi connectivity index (χ0) is 8.97. The average molecular weight is 198 g/mol. The SMILES string of the molecule is N#C[C@@H](O[SiH3])c1ccccc1Cl. The molecule has 0 aliphatic carbocycles. The van der Waals surface area contributed by atoms with Crippen LogP contribution in [0.25, 0.3) is 0 Å². The van der Waals surface area contributed by atoms with Crippen LogP contribution in [0.3, 0.4) is 0 Å². The monoisotopic (exact) mass is 197 g/mol. The first-order chi connectivity index (χ1) is 5.79. The highest BCUT2D eigenvalue weighted by Crippen LogP contribution is 2.23. The van der Waals surface area contributed by atoms with Crippen LogP contribution in [-0.4, -0.2) is 10.5 Å². The normalized spacial score (nSPS) is 12.3.